The maximum Gasteiger partial charge on any atom is 0.435 e. The number of pyridine rings is 1. The van der Waals surface area contributed by atoms with Crippen molar-refractivity contribution in [3.63, 3.8) is 0 Å². The minimum atomic E-state index is -4.47. The molecule has 0 bridgehead atoms. The number of halogens is 3. The summed E-state index contributed by atoms with van der Waals surface area (Å²) in [7, 11) is 1.42. The fourth-order valence-corrected chi connectivity index (χ4v) is 1.53. The Kier molecular flexibility index (Phi) is 2.98. The van der Waals surface area contributed by atoms with Gasteiger partial charge in [-0.1, -0.05) is 0 Å². The third-order valence-corrected chi connectivity index (χ3v) is 2.35. The number of hydrogen-bond donors (Lipinski definition) is 0. The Morgan fingerprint density at radius 1 is 1.33 bits per heavy atom. The molecule has 0 fully saturated rings. The molecule has 18 heavy (non-hydrogen) atoms. The van der Waals surface area contributed by atoms with Gasteiger partial charge in [-0.25, -0.2) is 9.67 Å². The lowest BCUT2D eigenvalue weighted by Crippen LogP contribution is -2.09. The van der Waals surface area contributed by atoms with Crippen LogP contribution in [0.25, 0.3) is 5.82 Å². The summed E-state index contributed by atoms with van der Waals surface area (Å²) < 4.78 is 43.8. The topological polar surface area (TPSA) is 39.9 Å². The lowest BCUT2D eigenvalue weighted by atomic mass is 10.3. The van der Waals surface area contributed by atoms with Crippen LogP contribution in [0.4, 0.5) is 13.2 Å². The van der Waals surface area contributed by atoms with Gasteiger partial charge >= 0.3 is 6.18 Å². The van der Waals surface area contributed by atoms with Crippen molar-refractivity contribution < 1.29 is 17.9 Å². The molecule has 0 unspecified atom stereocenters. The van der Waals surface area contributed by atoms with Crippen LogP contribution in [0.2, 0.25) is 0 Å². The fourth-order valence-electron chi connectivity index (χ4n) is 1.53. The van der Waals surface area contributed by atoms with Crippen molar-refractivity contribution in [3.8, 4) is 11.6 Å². The molecule has 0 N–H and O–H groups in total. The van der Waals surface area contributed by atoms with Crippen LogP contribution in [0.1, 0.15) is 11.4 Å². The highest BCUT2D eigenvalue weighted by atomic mass is 19.4. The number of methoxy groups -OCH3 is 1. The van der Waals surface area contributed by atoms with E-state index >= 15 is 0 Å². The molecule has 2 rings (SSSR count). The monoisotopic (exact) mass is 257 g/mol. The van der Waals surface area contributed by atoms with Crippen LogP contribution in [-0.2, 0) is 6.18 Å². The fraction of sp³-hybridized carbons (Fsp3) is 0.273. The first-order valence-corrected chi connectivity index (χ1v) is 5.06. The molecular formula is C11H10F3N3O. The van der Waals surface area contributed by atoms with Gasteiger partial charge in [0.25, 0.3) is 0 Å². The highest BCUT2D eigenvalue weighted by Crippen LogP contribution is 2.30. The first kappa shape index (κ1) is 12.4. The average molecular weight is 257 g/mol. The summed E-state index contributed by atoms with van der Waals surface area (Å²) in [5, 5.41) is 3.51. The van der Waals surface area contributed by atoms with Crippen molar-refractivity contribution in [1.29, 1.82) is 0 Å². The van der Waals surface area contributed by atoms with Gasteiger partial charge in [0.1, 0.15) is 0 Å². The van der Waals surface area contributed by atoms with Gasteiger partial charge in [0.15, 0.2) is 17.3 Å². The van der Waals surface area contributed by atoms with Crippen molar-refractivity contribution in [3.05, 3.63) is 35.8 Å². The smallest absolute Gasteiger partial charge is 0.435 e. The van der Waals surface area contributed by atoms with Gasteiger partial charge in [0.2, 0.25) is 0 Å². The van der Waals surface area contributed by atoms with Gasteiger partial charge in [-0.3, -0.25) is 0 Å². The van der Waals surface area contributed by atoms with Crippen molar-refractivity contribution >= 4 is 0 Å². The van der Waals surface area contributed by atoms with Crippen LogP contribution in [-0.4, -0.2) is 21.9 Å². The molecule has 0 atom stereocenters. The number of aromatic nitrogens is 3. The van der Waals surface area contributed by atoms with Crippen molar-refractivity contribution in [2.45, 2.75) is 13.1 Å². The normalized spacial score (nSPS) is 11.6. The lowest BCUT2D eigenvalue weighted by Gasteiger charge is -2.08. The molecule has 2 heterocycles. The third-order valence-electron chi connectivity index (χ3n) is 2.35. The summed E-state index contributed by atoms with van der Waals surface area (Å²) in [6.07, 6.45) is -3.01. The molecule has 2 aromatic rings. The van der Waals surface area contributed by atoms with Crippen molar-refractivity contribution in [2.24, 2.45) is 0 Å². The summed E-state index contributed by atoms with van der Waals surface area (Å²) in [5.74, 6) is 0.588. The maximum absolute atomic E-state index is 12.6. The average Bonchev–Trinajstić information content (AvgIpc) is 2.71. The van der Waals surface area contributed by atoms with Crippen LogP contribution in [0.15, 0.2) is 24.4 Å². The van der Waals surface area contributed by atoms with Gasteiger partial charge in [-0.2, -0.15) is 18.3 Å². The molecule has 96 valence electrons. The van der Waals surface area contributed by atoms with Crippen molar-refractivity contribution in [1.82, 2.24) is 14.8 Å². The number of ether oxygens (including phenoxy) is 1. The highest BCUT2D eigenvalue weighted by molar-refractivity contribution is 5.40. The van der Waals surface area contributed by atoms with Crippen LogP contribution < -0.4 is 4.74 Å². The van der Waals surface area contributed by atoms with Gasteiger partial charge in [0.05, 0.1) is 7.11 Å². The Morgan fingerprint density at radius 3 is 2.61 bits per heavy atom. The van der Waals surface area contributed by atoms with Crippen molar-refractivity contribution in [2.75, 3.05) is 7.11 Å². The van der Waals surface area contributed by atoms with E-state index in [-0.39, 0.29) is 5.82 Å². The van der Waals surface area contributed by atoms with E-state index in [2.05, 4.69) is 10.1 Å². The van der Waals surface area contributed by atoms with Crippen LogP contribution >= 0.6 is 0 Å². The van der Waals surface area contributed by atoms with E-state index in [0.717, 1.165) is 10.7 Å². The molecule has 0 spiro atoms. The van der Waals surface area contributed by atoms with Gasteiger partial charge < -0.3 is 4.74 Å². The van der Waals surface area contributed by atoms with E-state index < -0.39 is 11.9 Å². The Labute approximate surface area is 101 Å². The van der Waals surface area contributed by atoms with Gasteiger partial charge in [-0.05, 0) is 25.1 Å². The second-order valence-electron chi connectivity index (χ2n) is 3.61. The molecular weight excluding hydrogens is 247 g/mol. The molecule has 2 aromatic heterocycles. The summed E-state index contributed by atoms with van der Waals surface area (Å²) in [6, 6.07) is 4.21. The molecule has 4 nitrogen and oxygen atoms in total. The Hall–Kier alpha value is -2.05. The first-order valence-electron chi connectivity index (χ1n) is 5.06. The van der Waals surface area contributed by atoms with Crippen LogP contribution in [0.5, 0.6) is 5.75 Å². The summed E-state index contributed by atoms with van der Waals surface area (Å²) in [5.41, 5.74) is -0.618. The SMILES string of the molecule is COc1cccnc1-n1nc(C(F)(F)F)cc1C. The van der Waals surface area contributed by atoms with E-state index in [1.54, 1.807) is 12.1 Å². The maximum atomic E-state index is 12.6. The molecule has 0 aliphatic rings. The van der Waals surface area contributed by atoms with Gasteiger partial charge in [0, 0.05) is 11.9 Å². The molecule has 0 aromatic carbocycles. The van der Waals surface area contributed by atoms with Crippen LogP contribution in [0, 0.1) is 6.92 Å². The first-order chi connectivity index (χ1) is 8.43. The second-order valence-corrected chi connectivity index (χ2v) is 3.61. The van der Waals surface area contributed by atoms with E-state index in [1.807, 2.05) is 0 Å². The van der Waals surface area contributed by atoms with E-state index in [1.165, 1.54) is 20.2 Å². The molecule has 0 amide bonds. The number of aryl methyl sites for hydroxylation is 1. The molecule has 0 aliphatic carbocycles. The molecule has 7 heteroatoms. The zero-order valence-corrected chi connectivity index (χ0v) is 9.69. The highest BCUT2D eigenvalue weighted by Gasteiger charge is 2.34. The zero-order valence-electron chi connectivity index (χ0n) is 9.69. The standard InChI is InChI=1S/C11H10F3N3O/c1-7-6-9(11(12,13)14)16-17(7)10-8(18-2)4-3-5-15-10/h3-6H,1-2H3. The second kappa shape index (κ2) is 4.32. The Bertz CT molecular complexity index is 563. The predicted octanol–water partition coefficient (Wildman–Crippen LogP) is 2.60. The number of nitrogens with zero attached hydrogens (tertiary/aromatic N) is 3. The number of hydrogen-bond acceptors (Lipinski definition) is 3. The Balaban J connectivity index is 2.55. The summed E-state index contributed by atoms with van der Waals surface area (Å²) in [4.78, 5) is 3.98. The lowest BCUT2D eigenvalue weighted by molar-refractivity contribution is -0.141. The molecule has 0 radical (unpaired) electrons. The van der Waals surface area contributed by atoms with Gasteiger partial charge in [-0.15, -0.1) is 0 Å². The van der Waals surface area contributed by atoms with E-state index in [9.17, 15) is 13.2 Å². The molecule has 0 saturated heterocycles. The molecule has 0 aliphatic heterocycles. The summed E-state index contributed by atoms with van der Waals surface area (Å²) in [6.45, 7) is 1.52. The third kappa shape index (κ3) is 2.15. The Morgan fingerprint density at radius 2 is 2.06 bits per heavy atom. The van der Waals surface area contributed by atoms with Crippen LogP contribution in [0.3, 0.4) is 0 Å². The number of rotatable bonds is 2. The van der Waals surface area contributed by atoms with E-state index in [4.69, 9.17) is 4.74 Å². The minimum Gasteiger partial charge on any atom is -0.493 e. The zero-order chi connectivity index (χ0) is 13.3. The largest absolute Gasteiger partial charge is 0.493 e. The summed E-state index contributed by atoms with van der Waals surface area (Å²) >= 11 is 0. The molecule has 0 saturated carbocycles. The predicted molar refractivity (Wildman–Crippen MR) is 57.7 cm³/mol. The van der Waals surface area contributed by atoms with E-state index in [0.29, 0.717) is 11.4 Å². The quantitative estimate of drug-likeness (QED) is 0.830. The minimum absolute atomic E-state index is 0.230. The number of alkyl halides is 3.